The fourth-order valence-electron chi connectivity index (χ4n) is 2.48. The molecule has 0 spiro atoms. The van der Waals surface area contributed by atoms with Gasteiger partial charge in [0, 0.05) is 32.6 Å². The molecule has 1 heterocycles. The van der Waals surface area contributed by atoms with E-state index in [4.69, 9.17) is 0 Å². The molecule has 0 radical (unpaired) electrons. The minimum Gasteiger partial charge on any atom is -0.342 e. The minimum atomic E-state index is -0.175. The summed E-state index contributed by atoms with van der Waals surface area (Å²) in [4.78, 5) is 27.9. The van der Waals surface area contributed by atoms with E-state index in [9.17, 15) is 9.59 Å². The highest BCUT2D eigenvalue weighted by atomic mass is 16.2. The fourth-order valence-corrected chi connectivity index (χ4v) is 2.48. The summed E-state index contributed by atoms with van der Waals surface area (Å²) in [7, 11) is 0. The van der Waals surface area contributed by atoms with Crippen LogP contribution in [0.5, 0.6) is 0 Å². The standard InChI is InChI=1S/C15H26N2O2/c1-6-16(8-11(2)3)15(19)13-7-14(18)17(10-13)9-12(4)5/h12-13H,2,6-10H2,1,3-5H3. The quantitative estimate of drug-likeness (QED) is 0.689. The maximum absolute atomic E-state index is 12.4. The number of likely N-dealkylation sites (tertiary alicyclic amines) is 1. The van der Waals surface area contributed by atoms with E-state index in [0.717, 1.165) is 12.1 Å². The third-order valence-electron chi connectivity index (χ3n) is 3.30. The predicted molar refractivity (Wildman–Crippen MR) is 76.6 cm³/mol. The van der Waals surface area contributed by atoms with Gasteiger partial charge in [-0.2, -0.15) is 0 Å². The molecule has 0 saturated carbocycles. The van der Waals surface area contributed by atoms with Crippen LogP contribution in [0, 0.1) is 11.8 Å². The van der Waals surface area contributed by atoms with E-state index >= 15 is 0 Å². The normalized spacial score (nSPS) is 19.1. The predicted octanol–water partition coefficient (Wildman–Crippen LogP) is 1.92. The van der Waals surface area contributed by atoms with Crippen molar-refractivity contribution in [2.75, 3.05) is 26.2 Å². The van der Waals surface area contributed by atoms with E-state index in [1.54, 1.807) is 4.90 Å². The fraction of sp³-hybridized carbons (Fsp3) is 0.733. The van der Waals surface area contributed by atoms with Crippen LogP contribution < -0.4 is 0 Å². The molecule has 0 bridgehead atoms. The van der Waals surface area contributed by atoms with Gasteiger partial charge in [0.25, 0.3) is 0 Å². The largest absolute Gasteiger partial charge is 0.342 e. The Bertz CT molecular complexity index is 363. The molecule has 1 rings (SSSR count). The Morgan fingerprint density at radius 3 is 2.63 bits per heavy atom. The van der Waals surface area contributed by atoms with Crippen molar-refractivity contribution in [1.29, 1.82) is 0 Å². The maximum Gasteiger partial charge on any atom is 0.228 e. The highest BCUT2D eigenvalue weighted by molar-refractivity contribution is 5.89. The Balaban J connectivity index is 2.63. The monoisotopic (exact) mass is 266 g/mol. The Labute approximate surface area is 116 Å². The highest BCUT2D eigenvalue weighted by Crippen LogP contribution is 2.21. The average Bonchev–Trinajstić information content (AvgIpc) is 2.66. The summed E-state index contributed by atoms with van der Waals surface area (Å²) in [5.74, 6) is 0.463. The number of hydrogen-bond donors (Lipinski definition) is 0. The molecule has 1 unspecified atom stereocenters. The summed E-state index contributed by atoms with van der Waals surface area (Å²) in [5, 5.41) is 0. The number of nitrogens with zero attached hydrogens (tertiary/aromatic N) is 2. The zero-order valence-electron chi connectivity index (χ0n) is 12.6. The van der Waals surface area contributed by atoms with Gasteiger partial charge in [0.1, 0.15) is 0 Å². The van der Waals surface area contributed by atoms with Gasteiger partial charge in [-0.3, -0.25) is 9.59 Å². The van der Waals surface area contributed by atoms with Crippen molar-refractivity contribution in [3.05, 3.63) is 12.2 Å². The van der Waals surface area contributed by atoms with Crippen LogP contribution in [0.25, 0.3) is 0 Å². The van der Waals surface area contributed by atoms with E-state index in [1.165, 1.54) is 0 Å². The van der Waals surface area contributed by atoms with Crippen molar-refractivity contribution in [1.82, 2.24) is 9.80 Å². The van der Waals surface area contributed by atoms with Crippen molar-refractivity contribution < 1.29 is 9.59 Å². The van der Waals surface area contributed by atoms with Gasteiger partial charge < -0.3 is 9.80 Å². The SMILES string of the molecule is C=C(C)CN(CC)C(=O)C1CC(=O)N(CC(C)C)C1. The lowest BCUT2D eigenvalue weighted by Crippen LogP contribution is -2.38. The number of rotatable bonds is 6. The highest BCUT2D eigenvalue weighted by Gasteiger charge is 2.36. The van der Waals surface area contributed by atoms with Gasteiger partial charge in [-0.05, 0) is 19.8 Å². The van der Waals surface area contributed by atoms with Crippen LogP contribution in [0.1, 0.15) is 34.1 Å². The van der Waals surface area contributed by atoms with E-state index in [2.05, 4.69) is 20.4 Å². The topological polar surface area (TPSA) is 40.6 Å². The van der Waals surface area contributed by atoms with Crippen molar-refractivity contribution in [2.24, 2.45) is 11.8 Å². The van der Waals surface area contributed by atoms with Crippen LogP contribution in [-0.2, 0) is 9.59 Å². The lowest BCUT2D eigenvalue weighted by molar-refractivity contribution is -0.135. The lowest BCUT2D eigenvalue weighted by Gasteiger charge is -2.24. The summed E-state index contributed by atoms with van der Waals surface area (Å²) in [5.41, 5.74) is 0.971. The number of carbonyl (C=O) groups is 2. The van der Waals surface area contributed by atoms with Crippen LogP contribution in [0.4, 0.5) is 0 Å². The van der Waals surface area contributed by atoms with Gasteiger partial charge in [-0.25, -0.2) is 0 Å². The molecule has 108 valence electrons. The van der Waals surface area contributed by atoms with Crippen molar-refractivity contribution in [2.45, 2.75) is 34.1 Å². The first-order valence-electron chi connectivity index (χ1n) is 7.06. The first kappa shape index (κ1) is 15.7. The Hall–Kier alpha value is -1.32. The Kier molecular flexibility index (Phi) is 5.58. The van der Waals surface area contributed by atoms with Gasteiger partial charge in [0.05, 0.1) is 5.92 Å². The smallest absolute Gasteiger partial charge is 0.228 e. The summed E-state index contributed by atoms with van der Waals surface area (Å²) in [6.07, 6.45) is 0.359. The number of hydrogen-bond acceptors (Lipinski definition) is 2. The summed E-state index contributed by atoms with van der Waals surface area (Å²) < 4.78 is 0. The van der Waals surface area contributed by atoms with Crippen molar-refractivity contribution >= 4 is 11.8 Å². The van der Waals surface area contributed by atoms with Crippen molar-refractivity contribution in [3.8, 4) is 0 Å². The van der Waals surface area contributed by atoms with Crippen molar-refractivity contribution in [3.63, 3.8) is 0 Å². The van der Waals surface area contributed by atoms with Crippen LogP contribution in [0.15, 0.2) is 12.2 Å². The summed E-state index contributed by atoms with van der Waals surface area (Å²) in [6.45, 7) is 14.5. The molecule has 1 saturated heterocycles. The molecule has 0 aromatic heterocycles. The summed E-state index contributed by atoms with van der Waals surface area (Å²) in [6, 6.07) is 0. The molecular weight excluding hydrogens is 240 g/mol. The van der Waals surface area contributed by atoms with E-state index < -0.39 is 0 Å². The third kappa shape index (κ3) is 4.37. The number of carbonyl (C=O) groups excluding carboxylic acids is 2. The second-order valence-corrected chi connectivity index (χ2v) is 5.90. The number of amides is 2. The zero-order valence-corrected chi connectivity index (χ0v) is 12.6. The third-order valence-corrected chi connectivity index (χ3v) is 3.30. The van der Waals surface area contributed by atoms with Gasteiger partial charge in [-0.1, -0.05) is 26.0 Å². The Morgan fingerprint density at radius 2 is 2.16 bits per heavy atom. The number of likely N-dealkylation sites (N-methyl/N-ethyl adjacent to an activating group) is 1. The zero-order chi connectivity index (χ0) is 14.6. The van der Waals surface area contributed by atoms with Gasteiger partial charge in [-0.15, -0.1) is 0 Å². The molecule has 4 nitrogen and oxygen atoms in total. The van der Waals surface area contributed by atoms with Crippen LogP contribution in [0.2, 0.25) is 0 Å². The first-order valence-corrected chi connectivity index (χ1v) is 7.06. The van der Waals surface area contributed by atoms with E-state index in [-0.39, 0.29) is 17.7 Å². The van der Waals surface area contributed by atoms with E-state index in [1.807, 2.05) is 18.7 Å². The van der Waals surface area contributed by atoms with Gasteiger partial charge in [0.2, 0.25) is 11.8 Å². The Morgan fingerprint density at radius 1 is 1.53 bits per heavy atom. The molecular formula is C15H26N2O2. The van der Waals surface area contributed by atoms with E-state index in [0.29, 0.717) is 32.0 Å². The van der Waals surface area contributed by atoms with Crippen LogP contribution >= 0.6 is 0 Å². The lowest BCUT2D eigenvalue weighted by atomic mass is 10.1. The molecule has 1 aliphatic rings. The molecule has 0 aromatic rings. The van der Waals surface area contributed by atoms with Crippen LogP contribution in [0.3, 0.4) is 0 Å². The summed E-state index contributed by atoms with van der Waals surface area (Å²) >= 11 is 0. The molecule has 19 heavy (non-hydrogen) atoms. The molecule has 0 aromatic carbocycles. The second kappa shape index (κ2) is 6.73. The van der Waals surface area contributed by atoms with Crippen LogP contribution in [-0.4, -0.2) is 47.8 Å². The van der Waals surface area contributed by atoms with Gasteiger partial charge >= 0.3 is 0 Å². The average molecular weight is 266 g/mol. The minimum absolute atomic E-state index is 0.0881. The molecule has 0 aliphatic carbocycles. The molecule has 2 amide bonds. The maximum atomic E-state index is 12.4. The molecule has 1 aliphatic heterocycles. The molecule has 0 N–H and O–H groups in total. The molecule has 4 heteroatoms. The molecule has 1 fully saturated rings. The molecule has 1 atom stereocenters. The second-order valence-electron chi connectivity index (χ2n) is 5.90. The van der Waals surface area contributed by atoms with Gasteiger partial charge in [0.15, 0.2) is 0 Å². The first-order chi connectivity index (χ1) is 8.85.